The first-order chi connectivity index (χ1) is 10.2. The Morgan fingerprint density at radius 2 is 1.95 bits per heavy atom. The van der Waals surface area contributed by atoms with Crippen molar-refractivity contribution in [3.05, 3.63) is 52.8 Å². The number of hydrogen-bond donors (Lipinski definition) is 2. The lowest BCUT2D eigenvalue weighted by molar-refractivity contribution is -0.137. The van der Waals surface area contributed by atoms with Gasteiger partial charge in [0, 0.05) is 25.0 Å². The largest absolute Gasteiger partial charge is 0.416 e. The molecule has 7 heteroatoms. The van der Waals surface area contributed by atoms with Crippen LogP contribution in [0.1, 0.15) is 27.3 Å². The monoisotopic (exact) mass is 311 g/mol. The van der Waals surface area contributed by atoms with E-state index < -0.39 is 17.6 Å². The van der Waals surface area contributed by atoms with Gasteiger partial charge >= 0.3 is 6.18 Å². The lowest BCUT2D eigenvalue weighted by Gasteiger charge is -2.13. The SMILES string of the molecule is Cc1ccc(C(=O)Nc2cc(CN)cc(C(F)(F)F)c2)n1C. The van der Waals surface area contributed by atoms with E-state index >= 15 is 0 Å². The summed E-state index contributed by atoms with van der Waals surface area (Å²) in [5, 5.41) is 2.48. The molecule has 3 N–H and O–H groups in total. The van der Waals surface area contributed by atoms with Gasteiger partial charge in [0.2, 0.25) is 0 Å². The van der Waals surface area contributed by atoms with E-state index in [0.717, 1.165) is 17.8 Å². The lowest BCUT2D eigenvalue weighted by atomic mass is 10.1. The Balaban J connectivity index is 2.33. The summed E-state index contributed by atoms with van der Waals surface area (Å²) in [6, 6.07) is 6.67. The van der Waals surface area contributed by atoms with Crippen molar-refractivity contribution in [3.8, 4) is 0 Å². The second-order valence-electron chi connectivity index (χ2n) is 4.99. The summed E-state index contributed by atoms with van der Waals surface area (Å²) in [7, 11) is 1.71. The second kappa shape index (κ2) is 5.84. The van der Waals surface area contributed by atoms with Gasteiger partial charge in [-0.05, 0) is 42.8 Å². The Hall–Kier alpha value is -2.28. The van der Waals surface area contributed by atoms with Crippen molar-refractivity contribution < 1.29 is 18.0 Å². The molecule has 0 aliphatic heterocycles. The number of rotatable bonds is 3. The molecule has 0 bridgehead atoms. The lowest BCUT2D eigenvalue weighted by Crippen LogP contribution is -2.17. The van der Waals surface area contributed by atoms with E-state index in [4.69, 9.17) is 5.73 Å². The molecule has 1 heterocycles. The third-order valence-corrected chi connectivity index (χ3v) is 3.42. The van der Waals surface area contributed by atoms with Gasteiger partial charge in [-0.25, -0.2) is 0 Å². The molecule has 118 valence electrons. The summed E-state index contributed by atoms with van der Waals surface area (Å²) >= 11 is 0. The molecule has 2 rings (SSSR count). The second-order valence-corrected chi connectivity index (χ2v) is 4.99. The average molecular weight is 311 g/mol. The zero-order valence-electron chi connectivity index (χ0n) is 12.2. The predicted octanol–water partition coefficient (Wildman–Crippen LogP) is 3.06. The van der Waals surface area contributed by atoms with Crippen LogP contribution in [0.15, 0.2) is 30.3 Å². The predicted molar refractivity (Wildman–Crippen MR) is 77.4 cm³/mol. The minimum Gasteiger partial charge on any atom is -0.344 e. The molecule has 4 nitrogen and oxygen atoms in total. The van der Waals surface area contributed by atoms with Gasteiger partial charge in [0.05, 0.1) is 5.56 Å². The van der Waals surface area contributed by atoms with Gasteiger partial charge in [-0.15, -0.1) is 0 Å². The molecule has 22 heavy (non-hydrogen) atoms. The Labute approximate surface area is 125 Å². The van der Waals surface area contributed by atoms with E-state index in [2.05, 4.69) is 5.32 Å². The Morgan fingerprint density at radius 1 is 1.27 bits per heavy atom. The molecule has 0 spiro atoms. The van der Waals surface area contributed by atoms with E-state index in [1.165, 1.54) is 6.07 Å². The van der Waals surface area contributed by atoms with Gasteiger partial charge in [-0.1, -0.05) is 0 Å². The molecule has 0 atom stereocenters. The zero-order chi connectivity index (χ0) is 16.5. The fraction of sp³-hybridized carbons (Fsp3) is 0.267. The average Bonchev–Trinajstić information content (AvgIpc) is 2.77. The number of carbonyl (C=O) groups is 1. The van der Waals surface area contributed by atoms with Gasteiger partial charge in [0.15, 0.2) is 0 Å². The third kappa shape index (κ3) is 3.30. The molecule has 0 radical (unpaired) electrons. The van der Waals surface area contributed by atoms with Gasteiger partial charge in [0.25, 0.3) is 5.91 Å². The van der Waals surface area contributed by atoms with Crippen LogP contribution in [0, 0.1) is 6.92 Å². The van der Waals surface area contributed by atoms with Gasteiger partial charge in [-0.2, -0.15) is 13.2 Å². The number of aryl methyl sites for hydroxylation is 1. The Morgan fingerprint density at radius 3 is 2.45 bits per heavy atom. The highest BCUT2D eigenvalue weighted by molar-refractivity contribution is 6.03. The van der Waals surface area contributed by atoms with Crippen molar-refractivity contribution in [3.63, 3.8) is 0 Å². The zero-order valence-corrected chi connectivity index (χ0v) is 12.2. The molecule has 1 aromatic heterocycles. The van der Waals surface area contributed by atoms with Gasteiger partial charge in [0.1, 0.15) is 5.69 Å². The highest BCUT2D eigenvalue weighted by atomic mass is 19.4. The van der Waals surface area contributed by atoms with Crippen LogP contribution in [0.3, 0.4) is 0 Å². The maximum absolute atomic E-state index is 12.9. The molecule has 0 saturated heterocycles. The molecule has 0 fully saturated rings. The van der Waals surface area contributed by atoms with Crippen molar-refractivity contribution in [2.75, 3.05) is 5.32 Å². The molecule has 1 aromatic carbocycles. The number of carbonyl (C=O) groups excluding carboxylic acids is 1. The van der Waals surface area contributed by atoms with E-state index in [1.54, 1.807) is 23.7 Å². The number of halogens is 3. The number of hydrogen-bond acceptors (Lipinski definition) is 2. The molecular weight excluding hydrogens is 295 g/mol. The molecular formula is C15H16F3N3O. The number of nitrogens with two attached hydrogens (primary N) is 1. The first-order valence-electron chi connectivity index (χ1n) is 6.57. The molecule has 0 unspecified atom stereocenters. The number of alkyl halides is 3. The van der Waals surface area contributed by atoms with Crippen molar-refractivity contribution in [1.82, 2.24) is 4.57 Å². The maximum atomic E-state index is 12.9. The molecule has 0 aliphatic carbocycles. The van der Waals surface area contributed by atoms with Crippen LogP contribution in [0.25, 0.3) is 0 Å². The summed E-state index contributed by atoms with van der Waals surface area (Å²) in [6.07, 6.45) is -4.49. The van der Waals surface area contributed by atoms with E-state index in [9.17, 15) is 18.0 Å². The van der Waals surface area contributed by atoms with Crippen molar-refractivity contribution >= 4 is 11.6 Å². The smallest absolute Gasteiger partial charge is 0.344 e. The summed E-state index contributed by atoms with van der Waals surface area (Å²) in [6.45, 7) is 1.78. The molecule has 2 aromatic rings. The highest BCUT2D eigenvalue weighted by Gasteiger charge is 2.31. The first-order valence-corrected chi connectivity index (χ1v) is 6.57. The summed E-state index contributed by atoms with van der Waals surface area (Å²) in [4.78, 5) is 12.2. The van der Waals surface area contributed by atoms with Crippen LogP contribution < -0.4 is 11.1 Å². The minimum absolute atomic E-state index is 0.0456. The Kier molecular flexibility index (Phi) is 4.27. The van der Waals surface area contributed by atoms with Gasteiger partial charge < -0.3 is 15.6 Å². The van der Waals surface area contributed by atoms with Crippen LogP contribution in [-0.2, 0) is 19.8 Å². The van der Waals surface area contributed by atoms with E-state index in [-0.39, 0.29) is 12.2 Å². The first kappa shape index (κ1) is 16.1. The van der Waals surface area contributed by atoms with Crippen LogP contribution in [-0.4, -0.2) is 10.5 Å². The number of nitrogens with one attached hydrogen (secondary N) is 1. The topological polar surface area (TPSA) is 60.1 Å². The minimum atomic E-state index is -4.49. The van der Waals surface area contributed by atoms with E-state index in [0.29, 0.717) is 11.3 Å². The normalized spacial score (nSPS) is 11.5. The van der Waals surface area contributed by atoms with Crippen molar-refractivity contribution in [1.29, 1.82) is 0 Å². The molecule has 0 saturated carbocycles. The third-order valence-electron chi connectivity index (χ3n) is 3.42. The maximum Gasteiger partial charge on any atom is 0.416 e. The molecule has 1 amide bonds. The fourth-order valence-electron chi connectivity index (χ4n) is 2.08. The van der Waals surface area contributed by atoms with Crippen molar-refractivity contribution in [2.24, 2.45) is 12.8 Å². The quantitative estimate of drug-likeness (QED) is 0.915. The highest BCUT2D eigenvalue weighted by Crippen LogP contribution is 2.32. The van der Waals surface area contributed by atoms with Crippen LogP contribution >= 0.6 is 0 Å². The Bertz CT molecular complexity index is 705. The van der Waals surface area contributed by atoms with Crippen LogP contribution in [0.5, 0.6) is 0 Å². The fourth-order valence-corrected chi connectivity index (χ4v) is 2.08. The number of nitrogens with zero attached hydrogens (tertiary/aromatic N) is 1. The summed E-state index contributed by atoms with van der Waals surface area (Å²) in [5.74, 6) is -0.474. The van der Waals surface area contributed by atoms with Crippen LogP contribution in [0.2, 0.25) is 0 Å². The molecule has 0 aliphatic rings. The summed E-state index contributed by atoms with van der Waals surface area (Å²) in [5.41, 5.74) is 6.18. The summed E-state index contributed by atoms with van der Waals surface area (Å²) < 4.78 is 40.2. The van der Waals surface area contributed by atoms with Crippen molar-refractivity contribution in [2.45, 2.75) is 19.6 Å². The number of anilines is 1. The number of benzene rings is 1. The van der Waals surface area contributed by atoms with Crippen LogP contribution in [0.4, 0.5) is 18.9 Å². The van der Waals surface area contributed by atoms with Gasteiger partial charge in [-0.3, -0.25) is 4.79 Å². The standard InChI is InChI=1S/C15H16F3N3O/c1-9-3-4-13(21(9)2)14(22)20-12-6-10(8-19)5-11(7-12)15(16,17)18/h3-7H,8,19H2,1-2H3,(H,20,22). The number of amides is 1. The van der Waals surface area contributed by atoms with E-state index in [1.807, 2.05) is 6.92 Å². The number of aromatic nitrogens is 1.